The van der Waals surface area contributed by atoms with Crippen LogP contribution in [0.5, 0.6) is 23.0 Å². The highest BCUT2D eigenvalue weighted by Crippen LogP contribution is 2.32. The third-order valence-electron chi connectivity index (χ3n) is 2.94. The molecule has 0 fully saturated rings. The van der Waals surface area contributed by atoms with E-state index in [9.17, 15) is 20.1 Å². The van der Waals surface area contributed by atoms with Crippen LogP contribution in [0.25, 0.3) is 0 Å². The summed E-state index contributed by atoms with van der Waals surface area (Å²) in [6.45, 7) is 0. The molecule has 0 saturated carbocycles. The van der Waals surface area contributed by atoms with Crippen molar-refractivity contribution in [3.05, 3.63) is 47.5 Å². The standard InChI is InChI=1S/C15H14O5/c1-20-11-4-2-9(3-5-11)13(17)8-12-14(18)6-10(16)7-15(12)19/h2-7,16,18-19H,8H2,1H3. The minimum atomic E-state index is -0.315. The number of rotatable bonds is 4. The second-order valence-electron chi connectivity index (χ2n) is 4.29. The van der Waals surface area contributed by atoms with Crippen LogP contribution in [0, 0.1) is 0 Å². The van der Waals surface area contributed by atoms with E-state index in [-0.39, 0.29) is 35.0 Å². The number of carbonyl (C=O) groups is 1. The summed E-state index contributed by atoms with van der Waals surface area (Å²) in [5.41, 5.74) is 0.529. The molecule has 0 amide bonds. The van der Waals surface area contributed by atoms with Crippen LogP contribution in [0.15, 0.2) is 36.4 Å². The maximum Gasteiger partial charge on any atom is 0.167 e. The number of ketones is 1. The summed E-state index contributed by atoms with van der Waals surface area (Å²) in [6.07, 6.45) is -0.162. The Balaban J connectivity index is 2.23. The zero-order chi connectivity index (χ0) is 14.7. The van der Waals surface area contributed by atoms with E-state index in [0.29, 0.717) is 11.3 Å². The first-order chi connectivity index (χ1) is 9.51. The van der Waals surface area contributed by atoms with Crippen LogP contribution in [0.1, 0.15) is 15.9 Å². The third-order valence-corrected chi connectivity index (χ3v) is 2.94. The quantitative estimate of drug-likeness (QED) is 0.744. The molecule has 2 aromatic carbocycles. The van der Waals surface area contributed by atoms with Crippen molar-refractivity contribution < 1.29 is 24.9 Å². The van der Waals surface area contributed by atoms with Crippen molar-refractivity contribution in [3.8, 4) is 23.0 Å². The first-order valence-corrected chi connectivity index (χ1v) is 5.92. The van der Waals surface area contributed by atoms with E-state index < -0.39 is 0 Å². The molecule has 0 spiro atoms. The van der Waals surface area contributed by atoms with Gasteiger partial charge >= 0.3 is 0 Å². The van der Waals surface area contributed by atoms with Gasteiger partial charge in [-0.15, -0.1) is 0 Å². The van der Waals surface area contributed by atoms with Crippen LogP contribution >= 0.6 is 0 Å². The van der Waals surface area contributed by atoms with Gasteiger partial charge in [0, 0.05) is 29.7 Å². The second-order valence-corrected chi connectivity index (χ2v) is 4.29. The van der Waals surface area contributed by atoms with E-state index in [1.165, 1.54) is 7.11 Å². The maximum atomic E-state index is 12.1. The first-order valence-electron chi connectivity index (χ1n) is 5.92. The lowest BCUT2D eigenvalue weighted by Gasteiger charge is -2.08. The molecule has 0 unspecified atom stereocenters. The lowest BCUT2D eigenvalue weighted by Crippen LogP contribution is -2.04. The lowest BCUT2D eigenvalue weighted by molar-refractivity contribution is 0.0991. The van der Waals surface area contributed by atoms with Gasteiger partial charge in [-0.05, 0) is 24.3 Å². The summed E-state index contributed by atoms with van der Waals surface area (Å²) in [5.74, 6) is -0.518. The SMILES string of the molecule is COc1ccc(C(=O)Cc2c(O)cc(O)cc2O)cc1. The molecule has 0 aliphatic rings. The topological polar surface area (TPSA) is 87.0 Å². The number of methoxy groups -OCH3 is 1. The largest absolute Gasteiger partial charge is 0.508 e. The van der Waals surface area contributed by atoms with Crippen molar-refractivity contribution >= 4 is 5.78 Å². The predicted octanol–water partition coefficient (Wildman–Crippen LogP) is 2.24. The number of ether oxygens (including phenoxy) is 1. The Morgan fingerprint density at radius 2 is 1.60 bits per heavy atom. The molecular weight excluding hydrogens is 260 g/mol. The average molecular weight is 274 g/mol. The summed E-state index contributed by atoms with van der Waals surface area (Å²) < 4.78 is 5.00. The normalized spacial score (nSPS) is 10.2. The molecule has 104 valence electrons. The van der Waals surface area contributed by atoms with Crippen molar-refractivity contribution in [2.24, 2.45) is 0 Å². The molecular formula is C15H14O5. The fraction of sp³-hybridized carbons (Fsp3) is 0.133. The van der Waals surface area contributed by atoms with E-state index in [2.05, 4.69) is 0 Å². The smallest absolute Gasteiger partial charge is 0.167 e. The number of phenolic OH excluding ortho intramolecular Hbond substituents is 3. The molecule has 0 aromatic heterocycles. The minimum absolute atomic E-state index is 0.0867. The Morgan fingerprint density at radius 1 is 1.05 bits per heavy atom. The van der Waals surface area contributed by atoms with Gasteiger partial charge in [0.25, 0.3) is 0 Å². The molecule has 0 saturated heterocycles. The van der Waals surface area contributed by atoms with Gasteiger partial charge in [-0.1, -0.05) is 0 Å². The van der Waals surface area contributed by atoms with Gasteiger partial charge in [0.15, 0.2) is 5.78 Å². The molecule has 2 rings (SSSR count). The van der Waals surface area contributed by atoms with Gasteiger partial charge < -0.3 is 20.1 Å². The van der Waals surface area contributed by atoms with Crippen LogP contribution in [0.4, 0.5) is 0 Å². The van der Waals surface area contributed by atoms with Crippen molar-refractivity contribution in [1.29, 1.82) is 0 Å². The van der Waals surface area contributed by atoms with Gasteiger partial charge in [-0.3, -0.25) is 4.79 Å². The molecule has 0 bridgehead atoms. The Labute approximate surface area is 115 Å². The molecule has 0 heterocycles. The van der Waals surface area contributed by atoms with Crippen molar-refractivity contribution in [2.45, 2.75) is 6.42 Å². The lowest BCUT2D eigenvalue weighted by atomic mass is 10.0. The Kier molecular flexibility index (Phi) is 3.79. The van der Waals surface area contributed by atoms with E-state index in [0.717, 1.165) is 12.1 Å². The Bertz CT molecular complexity index is 608. The van der Waals surface area contributed by atoms with Crippen LogP contribution < -0.4 is 4.74 Å². The van der Waals surface area contributed by atoms with Crippen LogP contribution in [0.2, 0.25) is 0 Å². The van der Waals surface area contributed by atoms with Crippen LogP contribution in [0.3, 0.4) is 0 Å². The number of carbonyl (C=O) groups excluding carboxylic acids is 1. The number of hydrogen-bond donors (Lipinski definition) is 3. The van der Waals surface area contributed by atoms with Crippen LogP contribution in [-0.4, -0.2) is 28.2 Å². The molecule has 3 N–H and O–H groups in total. The molecule has 5 heteroatoms. The van der Waals surface area contributed by atoms with Crippen molar-refractivity contribution in [2.75, 3.05) is 7.11 Å². The molecule has 0 aliphatic heterocycles. The van der Waals surface area contributed by atoms with Crippen LogP contribution in [-0.2, 0) is 6.42 Å². The molecule has 0 atom stereocenters. The first kappa shape index (κ1) is 13.7. The summed E-state index contributed by atoms with van der Waals surface area (Å²) in [7, 11) is 1.53. The zero-order valence-electron chi connectivity index (χ0n) is 10.8. The monoisotopic (exact) mass is 274 g/mol. The number of benzene rings is 2. The average Bonchev–Trinajstić information content (AvgIpc) is 2.42. The number of aromatic hydroxyl groups is 3. The maximum absolute atomic E-state index is 12.1. The van der Waals surface area contributed by atoms with Gasteiger partial charge in [-0.2, -0.15) is 0 Å². The highest BCUT2D eigenvalue weighted by Gasteiger charge is 2.15. The van der Waals surface area contributed by atoms with E-state index in [1.54, 1.807) is 24.3 Å². The zero-order valence-corrected chi connectivity index (χ0v) is 10.8. The highest BCUT2D eigenvalue weighted by molar-refractivity contribution is 5.98. The second kappa shape index (κ2) is 5.52. The van der Waals surface area contributed by atoms with Gasteiger partial charge in [0.2, 0.25) is 0 Å². The summed E-state index contributed by atoms with van der Waals surface area (Å²) >= 11 is 0. The Morgan fingerprint density at radius 3 is 2.10 bits per heavy atom. The molecule has 0 radical (unpaired) electrons. The fourth-order valence-corrected chi connectivity index (χ4v) is 1.85. The molecule has 5 nitrogen and oxygen atoms in total. The number of Topliss-reactive ketones (excluding diaryl/α,β-unsaturated/α-hetero) is 1. The molecule has 20 heavy (non-hydrogen) atoms. The number of hydrogen-bond acceptors (Lipinski definition) is 5. The minimum Gasteiger partial charge on any atom is -0.508 e. The number of phenols is 3. The van der Waals surface area contributed by atoms with Crippen molar-refractivity contribution in [3.63, 3.8) is 0 Å². The van der Waals surface area contributed by atoms with Gasteiger partial charge in [-0.25, -0.2) is 0 Å². The summed E-state index contributed by atoms with van der Waals surface area (Å²) in [5, 5.41) is 28.5. The highest BCUT2D eigenvalue weighted by atomic mass is 16.5. The predicted molar refractivity (Wildman–Crippen MR) is 72.5 cm³/mol. The molecule has 0 aliphatic carbocycles. The fourth-order valence-electron chi connectivity index (χ4n) is 1.85. The van der Waals surface area contributed by atoms with Crippen molar-refractivity contribution in [1.82, 2.24) is 0 Å². The summed E-state index contributed by atoms with van der Waals surface area (Å²) in [6, 6.07) is 8.69. The van der Waals surface area contributed by atoms with E-state index >= 15 is 0 Å². The van der Waals surface area contributed by atoms with Gasteiger partial charge in [0.05, 0.1) is 7.11 Å². The summed E-state index contributed by atoms with van der Waals surface area (Å²) in [4.78, 5) is 12.1. The Hall–Kier alpha value is -2.69. The van der Waals surface area contributed by atoms with Gasteiger partial charge in [0.1, 0.15) is 23.0 Å². The third kappa shape index (κ3) is 2.83. The molecule has 2 aromatic rings. The van der Waals surface area contributed by atoms with E-state index in [4.69, 9.17) is 4.74 Å². The van der Waals surface area contributed by atoms with E-state index in [1.807, 2.05) is 0 Å².